The normalized spacial score (nSPS) is 16.1. The van der Waals surface area contributed by atoms with Crippen molar-refractivity contribution in [3.05, 3.63) is 70.9 Å². The third kappa shape index (κ3) is 6.02. The highest BCUT2D eigenvalue weighted by Crippen LogP contribution is 2.23. The number of nitrogens with one attached hydrogen (secondary N) is 1. The van der Waals surface area contributed by atoms with Gasteiger partial charge in [0.05, 0.1) is 11.3 Å². The van der Waals surface area contributed by atoms with Crippen molar-refractivity contribution in [2.24, 2.45) is 11.4 Å². The fraction of sp³-hybridized carbons (Fsp3) is 0.308. The predicted molar refractivity (Wildman–Crippen MR) is 146 cm³/mol. The maximum atomic E-state index is 13.2. The Balaban J connectivity index is 1.60. The molecule has 0 saturated carbocycles. The molecule has 0 spiro atoms. The molecule has 1 atom stereocenters. The zero-order valence-corrected chi connectivity index (χ0v) is 24.0. The molecule has 40 heavy (non-hydrogen) atoms. The second kappa shape index (κ2) is 11.5. The summed E-state index contributed by atoms with van der Waals surface area (Å²) in [7, 11) is -2.58. The Morgan fingerprint density at radius 2 is 1.80 bits per heavy atom. The van der Waals surface area contributed by atoms with E-state index in [1.807, 2.05) is 6.92 Å². The average Bonchev–Trinajstić information content (AvgIpc) is 3.35. The minimum atomic E-state index is -4.12. The fourth-order valence-corrected chi connectivity index (χ4v) is 5.50. The van der Waals surface area contributed by atoms with E-state index in [1.54, 1.807) is 50.4 Å². The van der Waals surface area contributed by atoms with Gasteiger partial charge in [-0.3, -0.25) is 24.6 Å². The van der Waals surface area contributed by atoms with Crippen LogP contribution in [0.5, 0.6) is 0 Å². The van der Waals surface area contributed by atoms with Crippen LogP contribution in [0.2, 0.25) is 0 Å². The SMILES string of the molecule is CCN1C(=O)C(CC(=O)Nc2ccc(C(C)=O)cc2)N(Cc2/c(=N/S(=O)(=O)c3ccc(C)cc3)o[n-][n+]2C)C1=S. The van der Waals surface area contributed by atoms with Crippen LogP contribution < -0.4 is 20.8 Å². The third-order valence-corrected chi connectivity index (χ3v) is 8.13. The number of carbonyl (C=O) groups is 3. The van der Waals surface area contributed by atoms with E-state index in [-0.39, 0.29) is 52.5 Å². The van der Waals surface area contributed by atoms with Crippen molar-refractivity contribution >= 4 is 50.6 Å². The molecular weight excluding hydrogens is 556 g/mol. The molecule has 14 heteroatoms. The number of anilines is 1. The number of hydrogen-bond acceptors (Lipinski definition) is 7. The Morgan fingerprint density at radius 1 is 1.15 bits per heavy atom. The largest absolute Gasteiger partial charge is 0.486 e. The summed E-state index contributed by atoms with van der Waals surface area (Å²) in [6.07, 6.45) is -0.229. The van der Waals surface area contributed by atoms with Crippen molar-refractivity contribution in [2.75, 3.05) is 11.9 Å². The summed E-state index contributed by atoms with van der Waals surface area (Å²) in [5.41, 5.74) is 1.85. The summed E-state index contributed by atoms with van der Waals surface area (Å²) in [5, 5.41) is 6.73. The van der Waals surface area contributed by atoms with Gasteiger partial charge in [0, 0.05) is 17.8 Å². The molecule has 2 amide bonds. The number of thiocarbonyl (C=S) groups is 1. The van der Waals surface area contributed by atoms with Gasteiger partial charge < -0.3 is 14.7 Å². The molecule has 2 aromatic carbocycles. The molecule has 0 aliphatic carbocycles. The van der Waals surface area contributed by atoms with Gasteiger partial charge in [0.2, 0.25) is 5.91 Å². The molecule has 4 rings (SSSR count). The van der Waals surface area contributed by atoms with Crippen LogP contribution in [0, 0.1) is 6.92 Å². The third-order valence-electron chi connectivity index (χ3n) is 6.40. The van der Waals surface area contributed by atoms with Crippen molar-refractivity contribution in [1.29, 1.82) is 0 Å². The van der Waals surface area contributed by atoms with E-state index >= 15 is 0 Å². The number of likely N-dealkylation sites (N-methyl/N-ethyl adjacent to an activating group) is 1. The molecule has 1 N–H and O–H groups in total. The molecule has 210 valence electrons. The molecule has 1 unspecified atom stereocenters. The zero-order chi connectivity index (χ0) is 29.2. The van der Waals surface area contributed by atoms with Crippen molar-refractivity contribution in [1.82, 2.24) is 15.1 Å². The van der Waals surface area contributed by atoms with E-state index in [2.05, 4.69) is 15.0 Å². The maximum absolute atomic E-state index is 13.2. The molecular formula is C26H28N6O6S2. The summed E-state index contributed by atoms with van der Waals surface area (Å²) in [6.45, 7) is 5.24. The Kier molecular flexibility index (Phi) is 8.30. The van der Waals surface area contributed by atoms with Crippen LogP contribution in [0.15, 0.2) is 62.3 Å². The molecule has 2 heterocycles. The molecule has 1 aliphatic heterocycles. The lowest BCUT2D eigenvalue weighted by atomic mass is 10.1. The van der Waals surface area contributed by atoms with Gasteiger partial charge in [-0.1, -0.05) is 17.7 Å². The fourth-order valence-electron chi connectivity index (χ4n) is 4.15. The van der Waals surface area contributed by atoms with Crippen LogP contribution in [-0.4, -0.2) is 53.5 Å². The summed E-state index contributed by atoms with van der Waals surface area (Å²) in [5.74, 6) is -0.904. The number of nitrogens with zero attached hydrogens (tertiary/aromatic N) is 5. The highest BCUT2D eigenvalue weighted by atomic mass is 32.2. The average molecular weight is 585 g/mol. The molecule has 1 fully saturated rings. The van der Waals surface area contributed by atoms with Crippen LogP contribution in [0.4, 0.5) is 5.69 Å². The summed E-state index contributed by atoms with van der Waals surface area (Å²) in [6, 6.07) is 11.6. The number of carbonyl (C=O) groups excluding carboxylic acids is 3. The van der Waals surface area contributed by atoms with E-state index in [0.29, 0.717) is 11.3 Å². The lowest BCUT2D eigenvalue weighted by molar-refractivity contribution is -0.752. The highest BCUT2D eigenvalue weighted by Gasteiger charge is 2.44. The van der Waals surface area contributed by atoms with Crippen LogP contribution in [0.1, 0.15) is 41.9 Å². The van der Waals surface area contributed by atoms with Gasteiger partial charge in [-0.2, -0.15) is 8.42 Å². The number of aromatic nitrogens is 2. The number of hydrogen-bond donors (Lipinski definition) is 1. The van der Waals surface area contributed by atoms with Gasteiger partial charge >= 0.3 is 0 Å². The van der Waals surface area contributed by atoms with Crippen molar-refractivity contribution < 1.29 is 32.0 Å². The van der Waals surface area contributed by atoms with Crippen molar-refractivity contribution in [2.45, 2.75) is 44.7 Å². The first kappa shape index (κ1) is 28.8. The predicted octanol–water partition coefficient (Wildman–Crippen LogP) is 1.21. The molecule has 3 aromatic rings. The Morgan fingerprint density at radius 3 is 2.40 bits per heavy atom. The second-order valence-corrected chi connectivity index (χ2v) is 11.2. The number of ketones is 1. The van der Waals surface area contributed by atoms with Crippen molar-refractivity contribution in [3.63, 3.8) is 0 Å². The Bertz CT molecular complexity index is 1640. The van der Waals surface area contributed by atoms with Gasteiger partial charge in [0.1, 0.15) is 19.6 Å². The lowest BCUT2D eigenvalue weighted by Crippen LogP contribution is -2.45. The zero-order valence-electron chi connectivity index (χ0n) is 22.3. The number of amides is 2. The number of benzene rings is 2. The number of Topliss-reactive ketones (excluding diaryl/α,β-unsaturated/α-hetero) is 1. The summed E-state index contributed by atoms with van der Waals surface area (Å²) in [4.78, 5) is 40.6. The molecule has 0 radical (unpaired) electrons. The molecule has 1 aliphatic rings. The molecule has 1 saturated heterocycles. The van der Waals surface area contributed by atoms with Crippen LogP contribution in [0.25, 0.3) is 0 Å². The Hall–Kier alpha value is -4.17. The van der Waals surface area contributed by atoms with Crippen LogP contribution >= 0.6 is 12.2 Å². The number of sulfonamides is 1. The van der Waals surface area contributed by atoms with Crippen LogP contribution in [0.3, 0.4) is 0 Å². The first-order valence-electron chi connectivity index (χ1n) is 12.3. The number of rotatable bonds is 9. The quantitative estimate of drug-likeness (QED) is 0.223. The molecule has 12 nitrogen and oxygen atoms in total. The molecule has 1 aromatic heterocycles. The summed E-state index contributed by atoms with van der Waals surface area (Å²) < 4.78 is 36.2. The minimum Gasteiger partial charge on any atom is -0.486 e. The van der Waals surface area contributed by atoms with E-state index in [4.69, 9.17) is 16.7 Å². The smallest absolute Gasteiger partial charge is 0.289 e. The van der Waals surface area contributed by atoms with Gasteiger partial charge in [-0.05, 0) is 69.4 Å². The lowest BCUT2D eigenvalue weighted by Gasteiger charge is -2.22. The topological polar surface area (TPSA) is 147 Å². The Labute approximate surface area is 236 Å². The van der Waals surface area contributed by atoms with Gasteiger partial charge in [0.15, 0.2) is 10.9 Å². The highest BCUT2D eigenvalue weighted by molar-refractivity contribution is 7.90. The van der Waals surface area contributed by atoms with Crippen molar-refractivity contribution in [3.8, 4) is 0 Å². The maximum Gasteiger partial charge on any atom is 0.289 e. The van der Waals surface area contributed by atoms with Gasteiger partial charge in [0.25, 0.3) is 27.2 Å². The van der Waals surface area contributed by atoms with E-state index in [1.165, 1.54) is 33.5 Å². The first-order chi connectivity index (χ1) is 18.9. The van der Waals surface area contributed by atoms with E-state index in [0.717, 1.165) is 5.56 Å². The van der Waals surface area contributed by atoms with Gasteiger partial charge in [-0.15, -0.1) is 4.40 Å². The number of aryl methyl sites for hydroxylation is 2. The standard InChI is InChI=1S/C26H28N6O6S2/c1-5-31-25(35)21(14-23(34)27-19-10-8-18(9-11-19)17(3)33)32(26(31)39)15-22-24(38-29-30(22)4)28-40(36,37)20-12-6-16(2)7-13-20/h6-13,21H,5,14-15H2,1-4H3,(H,27,34)/b28-24-. The minimum absolute atomic E-state index is 0.0157. The van der Waals surface area contributed by atoms with Crippen LogP contribution in [-0.2, 0) is 33.2 Å². The molecule has 0 bridgehead atoms. The van der Waals surface area contributed by atoms with E-state index < -0.39 is 22.0 Å². The summed E-state index contributed by atoms with van der Waals surface area (Å²) >= 11 is 5.55. The first-order valence-corrected chi connectivity index (χ1v) is 14.2. The van der Waals surface area contributed by atoms with Gasteiger partial charge in [-0.25, -0.2) is 4.68 Å². The van der Waals surface area contributed by atoms with E-state index in [9.17, 15) is 22.8 Å². The second-order valence-electron chi connectivity index (χ2n) is 9.22. The monoisotopic (exact) mass is 584 g/mol.